The highest BCUT2D eigenvalue weighted by atomic mass is 16.1. The standard InChI is InChI=1S/C10H10O3/c1-2-9(12)8-10(13)6-4-3-5-7-11/h2,4-6H,1,3,8H2. The van der Waals surface area contributed by atoms with Crippen LogP contribution in [0.4, 0.5) is 0 Å². The summed E-state index contributed by atoms with van der Waals surface area (Å²) in [6, 6.07) is 0. The molecule has 13 heavy (non-hydrogen) atoms. The van der Waals surface area contributed by atoms with Crippen molar-refractivity contribution in [3.63, 3.8) is 0 Å². The molecule has 3 nitrogen and oxygen atoms in total. The Morgan fingerprint density at radius 3 is 2.54 bits per heavy atom. The zero-order valence-electron chi connectivity index (χ0n) is 7.16. The van der Waals surface area contributed by atoms with Gasteiger partial charge in [0.2, 0.25) is 0 Å². The molecule has 0 saturated carbocycles. The van der Waals surface area contributed by atoms with Crippen molar-refractivity contribution in [2.24, 2.45) is 0 Å². The maximum Gasteiger partial charge on any atom is 0.163 e. The molecule has 0 heterocycles. The highest BCUT2D eigenvalue weighted by Crippen LogP contribution is 1.91. The Morgan fingerprint density at radius 1 is 1.31 bits per heavy atom. The fourth-order valence-electron chi connectivity index (χ4n) is 0.618. The van der Waals surface area contributed by atoms with Crippen LogP contribution < -0.4 is 0 Å². The third-order valence-corrected chi connectivity index (χ3v) is 1.22. The molecule has 0 aromatic rings. The fourth-order valence-corrected chi connectivity index (χ4v) is 0.618. The normalized spacial score (nSPS) is 9.23. The van der Waals surface area contributed by atoms with Crippen molar-refractivity contribution >= 4 is 17.5 Å². The Bertz CT molecular complexity index is 281. The van der Waals surface area contributed by atoms with Crippen molar-refractivity contribution in [1.29, 1.82) is 0 Å². The van der Waals surface area contributed by atoms with E-state index in [0.717, 1.165) is 6.08 Å². The van der Waals surface area contributed by atoms with E-state index in [0.29, 0.717) is 6.42 Å². The molecule has 0 atom stereocenters. The first-order valence-corrected chi connectivity index (χ1v) is 3.74. The monoisotopic (exact) mass is 178 g/mol. The second kappa shape index (κ2) is 6.95. The molecule has 68 valence electrons. The molecular weight excluding hydrogens is 168 g/mol. The SMILES string of the molecule is C=CC(=O)CC(=O)C=CCC=C=O. The molecule has 0 aliphatic carbocycles. The first kappa shape index (κ1) is 11.3. The molecule has 0 N–H and O–H groups in total. The van der Waals surface area contributed by atoms with Crippen LogP contribution in [0.25, 0.3) is 0 Å². The number of hydrogen-bond acceptors (Lipinski definition) is 3. The molecule has 0 bridgehead atoms. The first-order valence-electron chi connectivity index (χ1n) is 3.74. The number of ketones is 2. The molecule has 0 aliphatic heterocycles. The second-order valence-corrected chi connectivity index (χ2v) is 2.27. The van der Waals surface area contributed by atoms with E-state index in [1.54, 1.807) is 5.94 Å². The van der Waals surface area contributed by atoms with Gasteiger partial charge in [-0.1, -0.05) is 12.7 Å². The van der Waals surface area contributed by atoms with Gasteiger partial charge in [-0.05, 0) is 18.6 Å². The van der Waals surface area contributed by atoms with Crippen LogP contribution in [0.1, 0.15) is 12.8 Å². The molecule has 0 aromatic carbocycles. The van der Waals surface area contributed by atoms with Crippen LogP contribution in [0.5, 0.6) is 0 Å². The van der Waals surface area contributed by atoms with Crippen LogP contribution in [0.3, 0.4) is 0 Å². The zero-order valence-corrected chi connectivity index (χ0v) is 7.16. The van der Waals surface area contributed by atoms with Gasteiger partial charge >= 0.3 is 0 Å². The minimum absolute atomic E-state index is 0.162. The molecule has 3 heteroatoms. The third kappa shape index (κ3) is 6.66. The van der Waals surface area contributed by atoms with Gasteiger partial charge in [0, 0.05) is 6.08 Å². The van der Waals surface area contributed by atoms with E-state index in [9.17, 15) is 14.4 Å². The molecule has 0 spiro atoms. The van der Waals surface area contributed by atoms with E-state index in [2.05, 4.69) is 6.58 Å². The van der Waals surface area contributed by atoms with Crippen LogP contribution in [-0.4, -0.2) is 17.5 Å². The highest BCUT2D eigenvalue weighted by Gasteiger charge is 2.01. The lowest BCUT2D eigenvalue weighted by molar-refractivity contribution is -0.121. The summed E-state index contributed by atoms with van der Waals surface area (Å²) in [5, 5.41) is 0. The quantitative estimate of drug-likeness (QED) is 0.347. The van der Waals surface area contributed by atoms with Crippen molar-refractivity contribution in [2.75, 3.05) is 0 Å². The van der Waals surface area contributed by atoms with Crippen molar-refractivity contribution in [1.82, 2.24) is 0 Å². The van der Waals surface area contributed by atoms with E-state index in [1.807, 2.05) is 0 Å². The molecule has 0 aromatic heterocycles. The van der Waals surface area contributed by atoms with Crippen LogP contribution in [0.15, 0.2) is 30.9 Å². The van der Waals surface area contributed by atoms with Gasteiger partial charge in [0.25, 0.3) is 0 Å². The third-order valence-electron chi connectivity index (χ3n) is 1.22. The molecule has 0 unspecified atom stereocenters. The van der Waals surface area contributed by atoms with Crippen LogP contribution >= 0.6 is 0 Å². The summed E-state index contributed by atoms with van der Waals surface area (Å²) in [6.07, 6.45) is 5.33. The Kier molecular flexibility index (Phi) is 6.02. The molecular formula is C10H10O3. The van der Waals surface area contributed by atoms with E-state index in [4.69, 9.17) is 0 Å². The Labute approximate surface area is 76.4 Å². The Hall–Kier alpha value is -1.73. The molecule has 0 saturated heterocycles. The maximum atomic E-state index is 10.9. The van der Waals surface area contributed by atoms with Gasteiger partial charge < -0.3 is 0 Å². The lowest BCUT2D eigenvalue weighted by atomic mass is 10.2. The van der Waals surface area contributed by atoms with Gasteiger partial charge in [0.05, 0.1) is 6.42 Å². The lowest BCUT2D eigenvalue weighted by Gasteiger charge is -1.87. The van der Waals surface area contributed by atoms with Gasteiger partial charge in [-0.3, -0.25) is 9.59 Å². The van der Waals surface area contributed by atoms with E-state index in [-0.39, 0.29) is 18.0 Å². The molecule has 0 fully saturated rings. The maximum absolute atomic E-state index is 10.9. The number of carbonyl (C=O) groups excluding carboxylic acids is 3. The smallest absolute Gasteiger partial charge is 0.163 e. The van der Waals surface area contributed by atoms with E-state index < -0.39 is 0 Å². The van der Waals surface area contributed by atoms with Crippen molar-refractivity contribution in [3.8, 4) is 0 Å². The van der Waals surface area contributed by atoms with Gasteiger partial charge in [0.15, 0.2) is 11.6 Å². The summed E-state index contributed by atoms with van der Waals surface area (Å²) in [7, 11) is 0. The van der Waals surface area contributed by atoms with Crippen LogP contribution in [0.2, 0.25) is 0 Å². The van der Waals surface area contributed by atoms with Gasteiger partial charge in [-0.15, -0.1) is 0 Å². The molecule has 0 rings (SSSR count). The Balaban J connectivity index is 3.86. The average molecular weight is 178 g/mol. The predicted molar refractivity (Wildman–Crippen MR) is 48.8 cm³/mol. The topological polar surface area (TPSA) is 51.2 Å². The van der Waals surface area contributed by atoms with Crippen LogP contribution in [-0.2, 0) is 14.4 Å². The fraction of sp³-hybridized carbons (Fsp3) is 0.200. The predicted octanol–water partition coefficient (Wildman–Crippen LogP) is 1.03. The van der Waals surface area contributed by atoms with Gasteiger partial charge in [-0.2, -0.15) is 0 Å². The minimum atomic E-state index is -0.305. The van der Waals surface area contributed by atoms with Gasteiger partial charge in [0.1, 0.15) is 5.94 Å². The van der Waals surface area contributed by atoms with E-state index in [1.165, 1.54) is 18.2 Å². The first-order chi connectivity index (χ1) is 6.20. The summed E-state index contributed by atoms with van der Waals surface area (Å²) in [6.45, 7) is 3.24. The van der Waals surface area contributed by atoms with Crippen molar-refractivity contribution in [2.45, 2.75) is 12.8 Å². The van der Waals surface area contributed by atoms with Gasteiger partial charge in [-0.25, -0.2) is 4.79 Å². The van der Waals surface area contributed by atoms with Crippen molar-refractivity contribution in [3.05, 3.63) is 30.9 Å². The van der Waals surface area contributed by atoms with Crippen LogP contribution in [0, 0.1) is 0 Å². The number of allylic oxidation sites excluding steroid dienone is 4. The highest BCUT2D eigenvalue weighted by molar-refractivity contribution is 6.08. The number of hydrogen-bond donors (Lipinski definition) is 0. The Morgan fingerprint density at radius 2 is 2.00 bits per heavy atom. The summed E-state index contributed by atoms with van der Waals surface area (Å²) < 4.78 is 0. The van der Waals surface area contributed by atoms with E-state index >= 15 is 0 Å². The second-order valence-electron chi connectivity index (χ2n) is 2.27. The largest absolute Gasteiger partial charge is 0.294 e. The molecule has 0 radical (unpaired) electrons. The average Bonchev–Trinajstić information content (AvgIpc) is 2.12. The lowest BCUT2D eigenvalue weighted by Crippen LogP contribution is -2.01. The minimum Gasteiger partial charge on any atom is -0.294 e. The number of rotatable bonds is 6. The summed E-state index contributed by atoms with van der Waals surface area (Å²) in [4.78, 5) is 31.3. The zero-order chi connectivity index (χ0) is 10.1. The number of carbonyl (C=O) groups is 2. The summed E-state index contributed by atoms with van der Waals surface area (Å²) in [5.41, 5.74) is 0. The summed E-state index contributed by atoms with van der Waals surface area (Å²) >= 11 is 0. The van der Waals surface area contributed by atoms with Crippen molar-refractivity contribution < 1.29 is 14.4 Å². The summed E-state index contributed by atoms with van der Waals surface area (Å²) in [5.74, 6) is 0.980. The molecule has 0 amide bonds. The molecule has 0 aliphatic rings.